The predicted octanol–water partition coefficient (Wildman–Crippen LogP) is 4.15. The first-order valence-corrected chi connectivity index (χ1v) is 9.88. The number of aryl methyl sites for hydroxylation is 2. The Morgan fingerprint density at radius 1 is 1.00 bits per heavy atom. The fraction of sp³-hybridized carbons (Fsp3) is 0.208. The summed E-state index contributed by atoms with van der Waals surface area (Å²) in [6.45, 7) is 3.50. The van der Waals surface area contributed by atoms with Gasteiger partial charge in [-0.05, 0) is 43.2 Å². The van der Waals surface area contributed by atoms with Crippen molar-refractivity contribution in [3.8, 4) is 0 Å². The van der Waals surface area contributed by atoms with Crippen molar-refractivity contribution in [2.45, 2.75) is 26.3 Å². The Bertz CT molecular complexity index is 1100. The summed E-state index contributed by atoms with van der Waals surface area (Å²) in [6, 6.07) is 20.3. The third-order valence-corrected chi connectivity index (χ3v) is 5.00. The molecule has 0 atom stereocenters. The van der Waals surface area contributed by atoms with E-state index >= 15 is 0 Å². The first kappa shape index (κ1) is 18.9. The van der Waals surface area contributed by atoms with E-state index in [1.165, 1.54) is 11.1 Å². The summed E-state index contributed by atoms with van der Waals surface area (Å²) >= 11 is 0. The number of amides is 1. The monoisotopic (exact) mass is 384 g/mol. The van der Waals surface area contributed by atoms with Crippen molar-refractivity contribution < 1.29 is 4.79 Å². The minimum atomic E-state index is -0.0689. The number of carbonyl (C=O) groups is 1. The lowest BCUT2D eigenvalue weighted by molar-refractivity contribution is 0.0953. The van der Waals surface area contributed by atoms with Crippen LogP contribution in [-0.4, -0.2) is 27.0 Å². The van der Waals surface area contributed by atoms with E-state index in [1.54, 1.807) is 24.5 Å². The number of benzene rings is 2. The standard InChI is InChI=1S/C24H24N4O/c1-18-8-10-19(11-9-18)17-28-22-6-3-2-5-21(22)27-23(28)7-4-14-26-24(29)20-12-15-25-16-13-20/h2-3,5-6,8-13,15-16H,4,7,14,17H2,1H3,(H,26,29). The van der Waals surface area contributed by atoms with Gasteiger partial charge in [0.05, 0.1) is 11.0 Å². The molecule has 146 valence electrons. The average molecular weight is 384 g/mol. The second-order valence-electron chi connectivity index (χ2n) is 7.18. The van der Waals surface area contributed by atoms with Gasteiger partial charge in [0.2, 0.25) is 0 Å². The molecule has 0 saturated carbocycles. The summed E-state index contributed by atoms with van der Waals surface area (Å²) in [7, 11) is 0. The number of rotatable bonds is 7. The largest absolute Gasteiger partial charge is 0.352 e. The third-order valence-electron chi connectivity index (χ3n) is 5.00. The van der Waals surface area contributed by atoms with E-state index in [4.69, 9.17) is 4.98 Å². The molecule has 2 aromatic carbocycles. The van der Waals surface area contributed by atoms with Crippen molar-refractivity contribution in [2.75, 3.05) is 6.54 Å². The summed E-state index contributed by atoms with van der Waals surface area (Å²) in [5.74, 6) is 0.977. The summed E-state index contributed by atoms with van der Waals surface area (Å²) in [4.78, 5) is 21.0. The first-order valence-electron chi connectivity index (χ1n) is 9.88. The van der Waals surface area contributed by atoms with Crippen molar-refractivity contribution >= 4 is 16.9 Å². The van der Waals surface area contributed by atoms with Crippen LogP contribution < -0.4 is 5.32 Å². The highest BCUT2D eigenvalue weighted by Gasteiger charge is 2.11. The molecule has 5 nitrogen and oxygen atoms in total. The summed E-state index contributed by atoms with van der Waals surface area (Å²) in [6.07, 6.45) is 4.88. The molecular formula is C24H24N4O. The zero-order valence-corrected chi connectivity index (χ0v) is 16.5. The summed E-state index contributed by atoms with van der Waals surface area (Å²) < 4.78 is 2.28. The van der Waals surface area contributed by atoms with Gasteiger partial charge in [-0.1, -0.05) is 42.0 Å². The van der Waals surface area contributed by atoms with Crippen molar-refractivity contribution in [1.29, 1.82) is 0 Å². The molecule has 5 heteroatoms. The van der Waals surface area contributed by atoms with Crippen LogP contribution in [0.5, 0.6) is 0 Å². The lowest BCUT2D eigenvalue weighted by Gasteiger charge is -2.10. The highest BCUT2D eigenvalue weighted by molar-refractivity contribution is 5.93. The lowest BCUT2D eigenvalue weighted by atomic mass is 10.1. The topological polar surface area (TPSA) is 59.8 Å². The SMILES string of the molecule is Cc1ccc(Cn2c(CCCNC(=O)c3ccncc3)nc3ccccc32)cc1. The average Bonchev–Trinajstić information content (AvgIpc) is 3.10. The van der Waals surface area contributed by atoms with Crippen LogP contribution in [0.4, 0.5) is 0 Å². The van der Waals surface area contributed by atoms with E-state index < -0.39 is 0 Å². The predicted molar refractivity (Wildman–Crippen MR) is 115 cm³/mol. The Labute approximate surface area is 170 Å². The third kappa shape index (κ3) is 4.51. The Morgan fingerprint density at radius 2 is 1.76 bits per heavy atom. The zero-order chi connectivity index (χ0) is 20.1. The summed E-state index contributed by atoms with van der Waals surface area (Å²) in [5, 5.41) is 2.97. The number of nitrogens with zero attached hydrogens (tertiary/aromatic N) is 3. The quantitative estimate of drug-likeness (QED) is 0.487. The van der Waals surface area contributed by atoms with Gasteiger partial charge in [0, 0.05) is 37.5 Å². The van der Waals surface area contributed by atoms with Crippen LogP contribution in [0.1, 0.15) is 33.7 Å². The molecule has 2 heterocycles. The second kappa shape index (κ2) is 8.69. The maximum atomic E-state index is 12.2. The number of nitrogens with one attached hydrogen (secondary N) is 1. The van der Waals surface area contributed by atoms with Gasteiger partial charge in [0.15, 0.2) is 0 Å². The molecule has 0 aliphatic rings. The summed E-state index contributed by atoms with van der Waals surface area (Å²) in [5.41, 5.74) is 5.30. The number of hydrogen-bond donors (Lipinski definition) is 1. The first-order chi connectivity index (χ1) is 14.2. The van der Waals surface area contributed by atoms with Crippen LogP contribution in [0, 0.1) is 6.92 Å². The van der Waals surface area contributed by atoms with Gasteiger partial charge in [-0.3, -0.25) is 9.78 Å². The minimum absolute atomic E-state index is 0.0689. The maximum Gasteiger partial charge on any atom is 0.251 e. The number of hydrogen-bond acceptors (Lipinski definition) is 3. The molecular weight excluding hydrogens is 360 g/mol. The van der Waals surface area contributed by atoms with Crippen LogP contribution in [0.15, 0.2) is 73.1 Å². The number of carbonyl (C=O) groups excluding carboxylic acids is 1. The number of fused-ring (bicyclic) bond motifs is 1. The highest BCUT2D eigenvalue weighted by atomic mass is 16.1. The molecule has 0 aliphatic heterocycles. The molecule has 2 aromatic heterocycles. The van der Waals surface area contributed by atoms with Gasteiger partial charge in [-0.2, -0.15) is 0 Å². The van der Waals surface area contributed by atoms with Gasteiger partial charge in [-0.25, -0.2) is 4.98 Å². The normalized spacial score (nSPS) is 10.9. The van der Waals surface area contributed by atoms with Gasteiger partial charge in [0.1, 0.15) is 5.82 Å². The molecule has 0 bridgehead atoms. The fourth-order valence-corrected chi connectivity index (χ4v) is 3.42. The van der Waals surface area contributed by atoms with Gasteiger partial charge < -0.3 is 9.88 Å². The van der Waals surface area contributed by atoms with E-state index in [2.05, 4.69) is 58.2 Å². The highest BCUT2D eigenvalue weighted by Crippen LogP contribution is 2.19. The molecule has 0 radical (unpaired) electrons. The number of aromatic nitrogens is 3. The smallest absolute Gasteiger partial charge is 0.251 e. The van der Waals surface area contributed by atoms with E-state index in [1.807, 2.05) is 12.1 Å². The second-order valence-corrected chi connectivity index (χ2v) is 7.18. The van der Waals surface area contributed by atoms with Crippen LogP contribution in [-0.2, 0) is 13.0 Å². The van der Waals surface area contributed by atoms with E-state index in [0.717, 1.165) is 36.2 Å². The number of para-hydroxylation sites is 2. The lowest BCUT2D eigenvalue weighted by Crippen LogP contribution is -2.25. The minimum Gasteiger partial charge on any atom is -0.352 e. The molecule has 0 unspecified atom stereocenters. The number of imidazole rings is 1. The molecule has 1 amide bonds. The van der Waals surface area contributed by atoms with Crippen molar-refractivity contribution in [2.24, 2.45) is 0 Å². The molecule has 0 saturated heterocycles. The molecule has 1 N–H and O–H groups in total. The van der Waals surface area contributed by atoms with Gasteiger partial charge >= 0.3 is 0 Å². The van der Waals surface area contributed by atoms with Crippen molar-refractivity contribution in [3.05, 3.63) is 95.6 Å². The number of pyridine rings is 1. The Kier molecular flexibility index (Phi) is 5.66. The Hall–Kier alpha value is -3.47. The van der Waals surface area contributed by atoms with Crippen LogP contribution in [0.25, 0.3) is 11.0 Å². The van der Waals surface area contributed by atoms with Gasteiger partial charge in [0.25, 0.3) is 5.91 Å². The molecule has 4 rings (SSSR count). The fourth-order valence-electron chi connectivity index (χ4n) is 3.42. The molecule has 29 heavy (non-hydrogen) atoms. The maximum absolute atomic E-state index is 12.2. The van der Waals surface area contributed by atoms with Crippen molar-refractivity contribution in [3.63, 3.8) is 0 Å². The Morgan fingerprint density at radius 3 is 2.55 bits per heavy atom. The van der Waals surface area contributed by atoms with E-state index in [0.29, 0.717) is 12.1 Å². The molecule has 0 spiro atoms. The molecule has 4 aromatic rings. The molecule has 0 fully saturated rings. The van der Waals surface area contributed by atoms with Crippen LogP contribution >= 0.6 is 0 Å². The van der Waals surface area contributed by atoms with Gasteiger partial charge in [-0.15, -0.1) is 0 Å². The van der Waals surface area contributed by atoms with Crippen LogP contribution in [0.2, 0.25) is 0 Å². The molecule has 0 aliphatic carbocycles. The Balaban J connectivity index is 1.45. The van der Waals surface area contributed by atoms with Crippen LogP contribution in [0.3, 0.4) is 0 Å². The van der Waals surface area contributed by atoms with E-state index in [-0.39, 0.29) is 5.91 Å². The zero-order valence-electron chi connectivity index (χ0n) is 16.5. The van der Waals surface area contributed by atoms with Crippen molar-refractivity contribution in [1.82, 2.24) is 19.9 Å². The van der Waals surface area contributed by atoms with E-state index in [9.17, 15) is 4.79 Å².